The van der Waals surface area contributed by atoms with Gasteiger partial charge in [-0.3, -0.25) is 0 Å². The highest BCUT2D eigenvalue weighted by Crippen LogP contribution is 2.36. The van der Waals surface area contributed by atoms with Gasteiger partial charge in [-0.2, -0.15) is 0 Å². The molecule has 0 radical (unpaired) electrons. The fraction of sp³-hybridized carbons (Fsp3) is 0.700. The van der Waals surface area contributed by atoms with Crippen LogP contribution in [0.5, 0.6) is 0 Å². The monoisotopic (exact) mass is 275 g/mol. The Morgan fingerprint density at radius 2 is 2.43 bits per heavy atom. The number of hydrogen-bond acceptors (Lipinski definition) is 3. The first kappa shape index (κ1) is 10.6. The maximum absolute atomic E-state index is 5.41. The molecule has 0 aromatic carbocycles. The van der Waals surface area contributed by atoms with E-state index in [1.807, 2.05) is 0 Å². The van der Waals surface area contributed by atoms with E-state index in [9.17, 15) is 0 Å². The SMILES string of the molecule is BrCCOCc1nc(C2CCC2)cs1. The predicted octanol–water partition coefficient (Wildman–Crippen LogP) is 3.32. The number of ether oxygens (including phenoxy) is 1. The van der Waals surface area contributed by atoms with Crippen molar-refractivity contribution in [3.05, 3.63) is 16.1 Å². The number of thiazole rings is 1. The summed E-state index contributed by atoms with van der Waals surface area (Å²) in [4.78, 5) is 4.58. The van der Waals surface area contributed by atoms with Crippen LogP contribution in [0.4, 0.5) is 0 Å². The van der Waals surface area contributed by atoms with Crippen LogP contribution < -0.4 is 0 Å². The summed E-state index contributed by atoms with van der Waals surface area (Å²) in [6.45, 7) is 1.43. The van der Waals surface area contributed by atoms with Gasteiger partial charge in [0.25, 0.3) is 0 Å². The summed E-state index contributed by atoms with van der Waals surface area (Å²) in [6, 6.07) is 0. The Morgan fingerprint density at radius 1 is 1.57 bits per heavy atom. The lowest BCUT2D eigenvalue weighted by Gasteiger charge is -2.22. The van der Waals surface area contributed by atoms with Crippen molar-refractivity contribution in [3.63, 3.8) is 0 Å². The van der Waals surface area contributed by atoms with Gasteiger partial charge in [0.15, 0.2) is 0 Å². The molecule has 14 heavy (non-hydrogen) atoms. The van der Waals surface area contributed by atoms with Crippen molar-refractivity contribution < 1.29 is 4.74 Å². The molecular formula is C10H14BrNOS. The van der Waals surface area contributed by atoms with Gasteiger partial charge in [0.1, 0.15) is 5.01 Å². The van der Waals surface area contributed by atoms with Crippen LogP contribution in [-0.4, -0.2) is 16.9 Å². The van der Waals surface area contributed by atoms with Gasteiger partial charge in [-0.1, -0.05) is 22.4 Å². The van der Waals surface area contributed by atoms with E-state index in [0.717, 1.165) is 22.9 Å². The predicted molar refractivity (Wildman–Crippen MR) is 62.2 cm³/mol. The van der Waals surface area contributed by atoms with Crippen molar-refractivity contribution >= 4 is 27.3 Å². The van der Waals surface area contributed by atoms with Gasteiger partial charge in [0.2, 0.25) is 0 Å². The normalized spacial score (nSPS) is 16.9. The Morgan fingerprint density at radius 3 is 3.07 bits per heavy atom. The van der Waals surface area contributed by atoms with Crippen molar-refractivity contribution in [2.75, 3.05) is 11.9 Å². The summed E-state index contributed by atoms with van der Waals surface area (Å²) < 4.78 is 5.41. The summed E-state index contributed by atoms with van der Waals surface area (Å²) in [7, 11) is 0. The largest absolute Gasteiger partial charge is 0.373 e. The van der Waals surface area contributed by atoms with E-state index in [4.69, 9.17) is 4.74 Å². The molecule has 78 valence electrons. The molecule has 4 heteroatoms. The second kappa shape index (κ2) is 5.24. The molecule has 0 saturated heterocycles. The van der Waals surface area contributed by atoms with Crippen LogP contribution in [0, 0.1) is 0 Å². The molecule has 1 heterocycles. The number of hydrogen-bond donors (Lipinski definition) is 0. The molecule has 1 aromatic heterocycles. The fourth-order valence-corrected chi connectivity index (χ4v) is 2.54. The van der Waals surface area contributed by atoms with Crippen LogP contribution in [0.2, 0.25) is 0 Å². The molecule has 0 spiro atoms. The zero-order chi connectivity index (χ0) is 9.80. The van der Waals surface area contributed by atoms with Gasteiger partial charge < -0.3 is 4.74 Å². The summed E-state index contributed by atoms with van der Waals surface area (Å²) in [5.41, 5.74) is 1.29. The minimum atomic E-state index is 0.670. The summed E-state index contributed by atoms with van der Waals surface area (Å²) in [6.07, 6.45) is 4.02. The first-order valence-corrected chi connectivity index (χ1v) is 6.98. The average Bonchev–Trinajstić information content (AvgIpc) is 2.51. The summed E-state index contributed by atoms with van der Waals surface area (Å²) in [5, 5.41) is 4.21. The maximum Gasteiger partial charge on any atom is 0.119 e. The van der Waals surface area contributed by atoms with Crippen LogP contribution in [-0.2, 0) is 11.3 Å². The van der Waals surface area contributed by atoms with Crippen molar-refractivity contribution in [1.82, 2.24) is 4.98 Å². The van der Waals surface area contributed by atoms with Crippen molar-refractivity contribution in [2.45, 2.75) is 31.8 Å². The van der Waals surface area contributed by atoms with Gasteiger partial charge in [0, 0.05) is 16.6 Å². The number of alkyl halides is 1. The van der Waals surface area contributed by atoms with E-state index in [1.54, 1.807) is 11.3 Å². The van der Waals surface area contributed by atoms with Crippen LogP contribution in [0.3, 0.4) is 0 Å². The topological polar surface area (TPSA) is 22.1 Å². The standard InChI is InChI=1S/C10H14BrNOS/c11-4-5-13-6-10-12-9(7-14-10)8-2-1-3-8/h7-8H,1-6H2. The third-order valence-electron chi connectivity index (χ3n) is 2.54. The molecule has 1 saturated carbocycles. The van der Waals surface area contributed by atoms with E-state index in [0.29, 0.717) is 6.61 Å². The summed E-state index contributed by atoms with van der Waals surface area (Å²) >= 11 is 5.06. The molecule has 0 N–H and O–H groups in total. The lowest BCUT2D eigenvalue weighted by Crippen LogP contribution is -2.09. The lowest BCUT2D eigenvalue weighted by molar-refractivity contribution is 0.136. The van der Waals surface area contributed by atoms with Gasteiger partial charge in [0.05, 0.1) is 18.9 Å². The Balaban J connectivity index is 1.83. The smallest absolute Gasteiger partial charge is 0.119 e. The fourth-order valence-electron chi connectivity index (χ4n) is 1.50. The third-order valence-corrected chi connectivity index (χ3v) is 3.70. The van der Waals surface area contributed by atoms with E-state index in [2.05, 4.69) is 26.3 Å². The van der Waals surface area contributed by atoms with E-state index in [-0.39, 0.29) is 0 Å². The van der Waals surface area contributed by atoms with Gasteiger partial charge in [-0.15, -0.1) is 11.3 Å². The Hall–Kier alpha value is 0.0700. The van der Waals surface area contributed by atoms with Crippen molar-refractivity contribution in [3.8, 4) is 0 Å². The summed E-state index contributed by atoms with van der Waals surface area (Å²) in [5.74, 6) is 0.746. The van der Waals surface area contributed by atoms with Crippen molar-refractivity contribution in [2.24, 2.45) is 0 Å². The molecule has 0 amide bonds. The Kier molecular flexibility index (Phi) is 3.96. The van der Waals surface area contributed by atoms with Gasteiger partial charge in [-0.25, -0.2) is 4.98 Å². The van der Waals surface area contributed by atoms with Crippen LogP contribution in [0.15, 0.2) is 5.38 Å². The second-order valence-corrected chi connectivity index (χ2v) is 5.27. The van der Waals surface area contributed by atoms with Crippen LogP contribution in [0.1, 0.15) is 35.9 Å². The molecule has 1 aliphatic carbocycles. The zero-order valence-electron chi connectivity index (χ0n) is 8.04. The minimum Gasteiger partial charge on any atom is -0.373 e. The first-order chi connectivity index (χ1) is 6.90. The van der Waals surface area contributed by atoms with Gasteiger partial charge >= 0.3 is 0 Å². The van der Waals surface area contributed by atoms with Crippen molar-refractivity contribution in [1.29, 1.82) is 0 Å². The average molecular weight is 276 g/mol. The molecular weight excluding hydrogens is 262 g/mol. The molecule has 0 bridgehead atoms. The van der Waals surface area contributed by atoms with E-state index < -0.39 is 0 Å². The van der Waals surface area contributed by atoms with Gasteiger partial charge in [-0.05, 0) is 12.8 Å². The first-order valence-electron chi connectivity index (χ1n) is 4.98. The molecule has 1 aromatic rings. The van der Waals surface area contributed by atoms with Crippen LogP contribution >= 0.6 is 27.3 Å². The molecule has 0 atom stereocenters. The minimum absolute atomic E-state index is 0.670. The molecule has 2 rings (SSSR count). The molecule has 0 aliphatic heterocycles. The maximum atomic E-state index is 5.41. The molecule has 2 nitrogen and oxygen atoms in total. The highest BCUT2D eigenvalue weighted by Gasteiger charge is 2.21. The highest BCUT2D eigenvalue weighted by molar-refractivity contribution is 9.09. The third kappa shape index (κ3) is 2.55. The van der Waals surface area contributed by atoms with E-state index in [1.165, 1.54) is 25.0 Å². The Bertz CT molecular complexity index is 285. The number of rotatable bonds is 5. The zero-order valence-corrected chi connectivity index (χ0v) is 10.4. The number of halogens is 1. The highest BCUT2D eigenvalue weighted by atomic mass is 79.9. The van der Waals surface area contributed by atoms with E-state index >= 15 is 0 Å². The van der Waals surface area contributed by atoms with Crippen LogP contribution in [0.25, 0.3) is 0 Å². The number of aromatic nitrogens is 1. The quantitative estimate of drug-likeness (QED) is 0.608. The number of nitrogens with zero attached hydrogens (tertiary/aromatic N) is 1. The Labute approximate surface area is 96.8 Å². The molecule has 1 fully saturated rings. The molecule has 1 aliphatic rings. The second-order valence-electron chi connectivity index (χ2n) is 3.54. The molecule has 0 unspecified atom stereocenters. The lowest BCUT2D eigenvalue weighted by atomic mass is 9.83.